The molecule has 0 spiro atoms. The summed E-state index contributed by atoms with van der Waals surface area (Å²) in [7, 11) is 0. The molecule has 0 fully saturated rings. The lowest BCUT2D eigenvalue weighted by atomic mass is 10.2. The zero-order valence-electron chi connectivity index (χ0n) is 12.6. The molecule has 2 aromatic rings. The predicted molar refractivity (Wildman–Crippen MR) is 98.3 cm³/mol. The van der Waals surface area contributed by atoms with Crippen molar-refractivity contribution in [3.8, 4) is 0 Å². The van der Waals surface area contributed by atoms with E-state index in [1.165, 1.54) is 6.07 Å². The van der Waals surface area contributed by atoms with Crippen molar-refractivity contribution in [2.45, 2.75) is 6.92 Å². The maximum Gasteiger partial charge on any atom is 0.319 e. The number of hydrogen-bond acceptors (Lipinski definition) is 2. The average Bonchev–Trinajstić information content (AvgIpc) is 2.53. The maximum atomic E-state index is 11.9. The Morgan fingerprint density at radius 2 is 1.71 bits per heavy atom. The molecule has 3 N–H and O–H groups in total. The van der Waals surface area contributed by atoms with Gasteiger partial charge in [-0.05, 0) is 42.8 Å². The lowest BCUT2D eigenvalue weighted by Crippen LogP contribution is -2.36. The van der Waals surface area contributed by atoms with Crippen molar-refractivity contribution in [2.75, 3.05) is 17.2 Å². The zero-order chi connectivity index (χ0) is 17.7. The fourth-order valence-electron chi connectivity index (χ4n) is 1.86. The minimum Gasteiger partial charge on any atom is -0.329 e. The van der Waals surface area contributed by atoms with Crippen molar-refractivity contribution in [3.63, 3.8) is 0 Å². The molecular weight excluding hydrogens is 373 g/mol. The number of benzene rings is 2. The summed E-state index contributed by atoms with van der Waals surface area (Å²) in [5, 5.41) is 8.99. The number of carbonyl (C=O) groups is 2. The van der Waals surface area contributed by atoms with Crippen molar-refractivity contribution in [1.29, 1.82) is 0 Å². The molecule has 0 aliphatic carbocycles. The number of rotatable bonds is 4. The van der Waals surface area contributed by atoms with Crippen LogP contribution < -0.4 is 16.0 Å². The molecule has 0 saturated carbocycles. The summed E-state index contributed by atoms with van der Waals surface area (Å²) in [5.74, 6) is -0.433. The second-order valence-corrected chi connectivity index (χ2v) is 6.14. The molecule has 0 heterocycles. The fourth-order valence-corrected chi connectivity index (χ4v) is 2.37. The molecule has 2 aromatic carbocycles. The van der Waals surface area contributed by atoms with Gasteiger partial charge in [0.15, 0.2) is 0 Å². The van der Waals surface area contributed by atoms with Crippen molar-refractivity contribution in [2.24, 2.45) is 0 Å². The Morgan fingerprint density at radius 1 is 0.958 bits per heavy atom. The van der Waals surface area contributed by atoms with E-state index in [1.807, 2.05) is 0 Å². The topological polar surface area (TPSA) is 70.2 Å². The number of nitrogens with one attached hydrogen (secondary N) is 3. The predicted octanol–water partition coefficient (Wildman–Crippen LogP) is 4.72. The van der Waals surface area contributed by atoms with Gasteiger partial charge in [0.1, 0.15) is 0 Å². The van der Waals surface area contributed by atoms with Crippen LogP contribution in [0, 0.1) is 6.92 Å². The molecule has 3 amide bonds. The zero-order valence-corrected chi connectivity index (χ0v) is 14.9. The monoisotopic (exact) mass is 385 g/mol. The number of carbonyl (C=O) groups excluding carboxylic acids is 2. The summed E-state index contributed by atoms with van der Waals surface area (Å²) < 4.78 is 0. The van der Waals surface area contributed by atoms with Gasteiger partial charge in [-0.25, -0.2) is 4.79 Å². The van der Waals surface area contributed by atoms with Gasteiger partial charge in [-0.2, -0.15) is 0 Å². The summed E-state index contributed by atoms with van der Waals surface area (Å²) in [4.78, 5) is 23.7. The number of urea groups is 1. The van der Waals surface area contributed by atoms with Gasteiger partial charge < -0.3 is 16.0 Å². The van der Waals surface area contributed by atoms with Crippen molar-refractivity contribution >= 4 is 58.1 Å². The van der Waals surface area contributed by atoms with Gasteiger partial charge in [0.25, 0.3) is 0 Å². The van der Waals surface area contributed by atoms with E-state index < -0.39 is 11.9 Å². The first-order chi connectivity index (χ1) is 11.4. The van der Waals surface area contributed by atoms with E-state index in [1.54, 1.807) is 37.3 Å². The highest BCUT2D eigenvalue weighted by Crippen LogP contribution is 2.25. The highest BCUT2D eigenvalue weighted by molar-refractivity contribution is 6.35. The summed E-state index contributed by atoms with van der Waals surface area (Å²) in [5.41, 5.74) is 1.69. The quantitative estimate of drug-likeness (QED) is 0.712. The van der Waals surface area contributed by atoms with Crippen LogP contribution in [-0.2, 0) is 4.79 Å². The highest BCUT2D eigenvalue weighted by Gasteiger charge is 2.10. The Labute approximate surface area is 154 Å². The van der Waals surface area contributed by atoms with E-state index in [2.05, 4.69) is 16.0 Å². The van der Waals surface area contributed by atoms with Gasteiger partial charge in [0, 0.05) is 15.7 Å². The van der Waals surface area contributed by atoms with E-state index in [0.29, 0.717) is 26.4 Å². The van der Waals surface area contributed by atoms with E-state index in [4.69, 9.17) is 34.8 Å². The van der Waals surface area contributed by atoms with Gasteiger partial charge in [-0.3, -0.25) is 4.79 Å². The van der Waals surface area contributed by atoms with Crippen LogP contribution in [0.2, 0.25) is 15.1 Å². The van der Waals surface area contributed by atoms with Gasteiger partial charge in [-0.1, -0.05) is 40.9 Å². The smallest absolute Gasteiger partial charge is 0.319 e. The molecule has 2 rings (SSSR count). The molecular formula is C16H14Cl3N3O2. The molecule has 126 valence electrons. The molecule has 0 bridgehead atoms. The molecule has 0 aliphatic heterocycles. The molecule has 0 atom stereocenters. The summed E-state index contributed by atoms with van der Waals surface area (Å²) in [6.45, 7) is 1.56. The molecule has 24 heavy (non-hydrogen) atoms. The maximum absolute atomic E-state index is 11.9. The minimum absolute atomic E-state index is 0.228. The first-order valence-corrected chi connectivity index (χ1v) is 8.05. The summed E-state index contributed by atoms with van der Waals surface area (Å²) in [6, 6.07) is 9.35. The lowest BCUT2D eigenvalue weighted by Gasteiger charge is -2.11. The first-order valence-electron chi connectivity index (χ1n) is 6.91. The molecule has 8 heteroatoms. The van der Waals surface area contributed by atoms with E-state index in [9.17, 15) is 9.59 Å². The standard InChI is InChI=1S/C16H14Cl3N3O2/c1-9-11(18)3-2-4-13(9)22-16(24)20-8-15(23)21-14-7-10(17)5-6-12(14)19/h2-7H,8H2,1H3,(H,21,23)(H2,20,22,24). The number of hydrogen-bond donors (Lipinski definition) is 3. The molecule has 5 nitrogen and oxygen atoms in total. The van der Waals surface area contributed by atoms with Crippen LogP contribution in [0.4, 0.5) is 16.2 Å². The Bertz CT molecular complexity index is 765. The Hall–Kier alpha value is -1.95. The normalized spacial score (nSPS) is 10.2. The Morgan fingerprint density at radius 3 is 2.46 bits per heavy atom. The third-order valence-corrected chi connectivity index (χ3v) is 4.10. The number of halogens is 3. The SMILES string of the molecule is Cc1c(Cl)cccc1NC(=O)NCC(=O)Nc1cc(Cl)ccc1Cl. The number of anilines is 2. The summed E-state index contributed by atoms with van der Waals surface area (Å²) in [6.07, 6.45) is 0. The van der Waals surface area contributed by atoms with Crippen molar-refractivity contribution in [1.82, 2.24) is 5.32 Å². The Kier molecular flexibility index (Phi) is 6.31. The van der Waals surface area contributed by atoms with Crippen LogP contribution in [-0.4, -0.2) is 18.5 Å². The third-order valence-electron chi connectivity index (χ3n) is 3.13. The van der Waals surface area contributed by atoms with Gasteiger partial charge >= 0.3 is 6.03 Å². The molecule has 0 saturated heterocycles. The van der Waals surface area contributed by atoms with Crippen LogP contribution >= 0.6 is 34.8 Å². The van der Waals surface area contributed by atoms with E-state index >= 15 is 0 Å². The van der Waals surface area contributed by atoms with Gasteiger partial charge in [0.05, 0.1) is 17.3 Å². The average molecular weight is 387 g/mol. The highest BCUT2D eigenvalue weighted by atomic mass is 35.5. The van der Waals surface area contributed by atoms with E-state index in [0.717, 1.165) is 5.56 Å². The molecule has 0 unspecified atom stereocenters. The molecule has 0 aromatic heterocycles. The second kappa shape index (κ2) is 8.24. The third kappa shape index (κ3) is 5.03. The van der Waals surface area contributed by atoms with Gasteiger partial charge in [-0.15, -0.1) is 0 Å². The van der Waals surface area contributed by atoms with Crippen LogP contribution in [0.25, 0.3) is 0 Å². The molecule has 0 aliphatic rings. The van der Waals surface area contributed by atoms with Crippen molar-refractivity contribution < 1.29 is 9.59 Å². The molecule has 0 radical (unpaired) electrons. The Balaban J connectivity index is 1.88. The van der Waals surface area contributed by atoms with Crippen LogP contribution in [0.1, 0.15) is 5.56 Å². The lowest BCUT2D eigenvalue weighted by molar-refractivity contribution is -0.115. The van der Waals surface area contributed by atoms with Crippen molar-refractivity contribution in [3.05, 3.63) is 57.0 Å². The number of amides is 3. The largest absolute Gasteiger partial charge is 0.329 e. The van der Waals surface area contributed by atoms with Crippen LogP contribution in [0.5, 0.6) is 0 Å². The fraction of sp³-hybridized carbons (Fsp3) is 0.125. The van der Waals surface area contributed by atoms with Crippen LogP contribution in [0.3, 0.4) is 0 Å². The van der Waals surface area contributed by atoms with Gasteiger partial charge in [0.2, 0.25) is 5.91 Å². The summed E-state index contributed by atoms with van der Waals surface area (Å²) >= 11 is 17.8. The van der Waals surface area contributed by atoms with Crippen LogP contribution in [0.15, 0.2) is 36.4 Å². The first kappa shape index (κ1) is 18.4. The van der Waals surface area contributed by atoms with E-state index in [-0.39, 0.29) is 6.54 Å². The minimum atomic E-state index is -0.521. The second-order valence-electron chi connectivity index (χ2n) is 4.89.